The maximum absolute atomic E-state index is 11.3. The largest absolute Gasteiger partial charge is 0.508 e. The van der Waals surface area contributed by atoms with Gasteiger partial charge in [0, 0.05) is 5.41 Å². The average molecular weight is 310 g/mol. The molecular weight excluding hydrogens is 284 g/mol. The lowest BCUT2D eigenvalue weighted by Gasteiger charge is -2.61. The van der Waals surface area contributed by atoms with Crippen molar-refractivity contribution in [2.24, 2.45) is 16.7 Å². The van der Waals surface area contributed by atoms with Gasteiger partial charge in [-0.15, -0.1) is 0 Å². The van der Waals surface area contributed by atoms with E-state index in [4.69, 9.17) is 0 Å². The van der Waals surface area contributed by atoms with E-state index in [0.29, 0.717) is 17.6 Å². The number of aliphatic hydroxyl groups is 1. The van der Waals surface area contributed by atoms with Crippen LogP contribution in [0.2, 0.25) is 0 Å². The zero-order valence-electron chi connectivity index (χ0n) is 13.9. The number of benzene rings is 1. The summed E-state index contributed by atoms with van der Waals surface area (Å²) >= 11 is 0. The number of phenols is 1. The molecule has 0 unspecified atom stereocenters. The predicted octanol–water partition coefficient (Wildman–Crippen LogP) is 4.31. The van der Waals surface area contributed by atoms with Gasteiger partial charge >= 0.3 is 0 Å². The van der Waals surface area contributed by atoms with Crippen LogP contribution in [0.5, 0.6) is 5.75 Å². The van der Waals surface area contributed by atoms with Gasteiger partial charge in [0.05, 0.1) is 5.60 Å². The Morgan fingerprint density at radius 2 is 2.00 bits per heavy atom. The van der Waals surface area contributed by atoms with Crippen molar-refractivity contribution in [2.45, 2.75) is 63.4 Å². The summed E-state index contributed by atoms with van der Waals surface area (Å²) in [5.41, 5.74) is 2.55. The summed E-state index contributed by atoms with van der Waals surface area (Å²) in [6.07, 6.45) is 12.3. The van der Waals surface area contributed by atoms with Crippen LogP contribution in [0.25, 0.3) is 0 Å². The second-order valence-corrected chi connectivity index (χ2v) is 8.68. The topological polar surface area (TPSA) is 40.5 Å². The molecule has 4 aliphatic rings. The highest BCUT2D eigenvalue weighted by atomic mass is 16.3. The molecule has 0 amide bonds. The molecule has 0 heterocycles. The first kappa shape index (κ1) is 14.1. The molecule has 0 radical (unpaired) electrons. The molecule has 2 heteroatoms. The summed E-state index contributed by atoms with van der Waals surface area (Å²) in [6, 6.07) is 5.99. The van der Waals surface area contributed by atoms with E-state index in [2.05, 4.69) is 25.1 Å². The Morgan fingerprint density at radius 1 is 1.13 bits per heavy atom. The van der Waals surface area contributed by atoms with Gasteiger partial charge in [0.25, 0.3) is 0 Å². The molecular formula is C21H26O2. The molecule has 0 aromatic heterocycles. The zero-order valence-corrected chi connectivity index (χ0v) is 13.9. The minimum atomic E-state index is -0.484. The summed E-state index contributed by atoms with van der Waals surface area (Å²) in [4.78, 5) is 0. The lowest BCUT2D eigenvalue weighted by atomic mass is 9.44. The summed E-state index contributed by atoms with van der Waals surface area (Å²) < 4.78 is 0. The second-order valence-electron chi connectivity index (χ2n) is 8.68. The molecule has 0 spiro atoms. The van der Waals surface area contributed by atoms with Crippen molar-refractivity contribution in [2.75, 3.05) is 0 Å². The number of phenolic OH excluding ortho intramolecular Hbond substituents is 1. The predicted molar refractivity (Wildman–Crippen MR) is 90.4 cm³/mol. The van der Waals surface area contributed by atoms with Crippen LogP contribution in [0.3, 0.4) is 0 Å². The molecule has 2 bridgehead atoms. The van der Waals surface area contributed by atoms with Gasteiger partial charge in [0.2, 0.25) is 0 Å². The first-order chi connectivity index (χ1) is 11.0. The molecule has 2 saturated carbocycles. The van der Waals surface area contributed by atoms with E-state index in [1.165, 1.54) is 24.0 Å². The molecule has 122 valence electrons. The van der Waals surface area contributed by atoms with E-state index < -0.39 is 5.60 Å². The van der Waals surface area contributed by atoms with E-state index in [0.717, 1.165) is 32.1 Å². The molecule has 5 atom stereocenters. The molecule has 2 nitrogen and oxygen atoms in total. The van der Waals surface area contributed by atoms with Gasteiger partial charge in [-0.3, -0.25) is 0 Å². The van der Waals surface area contributed by atoms with Gasteiger partial charge in [-0.1, -0.05) is 25.1 Å². The van der Waals surface area contributed by atoms with Crippen LogP contribution in [0.15, 0.2) is 30.4 Å². The van der Waals surface area contributed by atoms with Gasteiger partial charge in [0.1, 0.15) is 5.75 Å². The molecule has 4 aliphatic carbocycles. The highest BCUT2D eigenvalue weighted by molar-refractivity contribution is 5.42. The van der Waals surface area contributed by atoms with Gasteiger partial charge in [0.15, 0.2) is 0 Å². The number of allylic oxidation sites excluding steroid dienone is 1. The van der Waals surface area contributed by atoms with E-state index in [-0.39, 0.29) is 10.8 Å². The Kier molecular flexibility index (Phi) is 2.58. The number of aromatic hydroxyl groups is 1. The van der Waals surface area contributed by atoms with Crippen LogP contribution in [-0.2, 0) is 6.42 Å². The molecule has 23 heavy (non-hydrogen) atoms. The van der Waals surface area contributed by atoms with Crippen LogP contribution in [-0.4, -0.2) is 15.8 Å². The normalized spacial score (nSPS) is 46.9. The highest BCUT2D eigenvalue weighted by Crippen LogP contribution is 2.73. The first-order valence-corrected chi connectivity index (χ1v) is 9.21. The van der Waals surface area contributed by atoms with Crippen LogP contribution < -0.4 is 0 Å². The smallest absolute Gasteiger partial charge is 0.115 e. The van der Waals surface area contributed by atoms with Crippen molar-refractivity contribution < 1.29 is 10.2 Å². The quantitative estimate of drug-likeness (QED) is 0.701. The molecule has 5 rings (SSSR count). The monoisotopic (exact) mass is 310 g/mol. The Morgan fingerprint density at radius 3 is 2.87 bits per heavy atom. The van der Waals surface area contributed by atoms with Crippen molar-refractivity contribution in [3.63, 3.8) is 0 Å². The lowest BCUT2D eigenvalue weighted by Crippen LogP contribution is -2.57. The number of hydrogen-bond donors (Lipinski definition) is 2. The standard InChI is InChI=1S/C21H26O2/c1-19-10-7-17-16-5-4-15(22)13-14(16)3-6-18(17)20(19)8-2-9-21(19,23)12-11-20/h2,4-5,8,13,17-18,22-23H,3,6-7,9-12H2,1H3/t17-,18-,19+,20-,21-/m1/s1. The summed E-state index contributed by atoms with van der Waals surface area (Å²) in [6.45, 7) is 2.37. The number of rotatable bonds is 0. The minimum absolute atomic E-state index is 0.0460. The first-order valence-electron chi connectivity index (χ1n) is 9.21. The van der Waals surface area contributed by atoms with Crippen LogP contribution in [0.1, 0.15) is 62.5 Å². The SMILES string of the molecule is C[C@]12CC[C@@H]3c4ccc(O)cc4CC[C@H]3[C@]13C=CC[C@@]2(O)CC3. The molecule has 0 saturated heterocycles. The minimum Gasteiger partial charge on any atom is -0.508 e. The highest BCUT2D eigenvalue weighted by Gasteiger charge is 2.69. The zero-order chi connectivity index (χ0) is 15.9. The van der Waals surface area contributed by atoms with Gasteiger partial charge in [-0.2, -0.15) is 0 Å². The Balaban J connectivity index is 1.65. The fourth-order valence-electron chi connectivity index (χ4n) is 6.96. The summed E-state index contributed by atoms with van der Waals surface area (Å²) in [7, 11) is 0. The van der Waals surface area contributed by atoms with Crippen molar-refractivity contribution in [1.82, 2.24) is 0 Å². The van der Waals surface area contributed by atoms with Crippen molar-refractivity contribution >= 4 is 0 Å². The molecule has 1 aromatic carbocycles. The van der Waals surface area contributed by atoms with Gasteiger partial charge < -0.3 is 10.2 Å². The van der Waals surface area contributed by atoms with Crippen molar-refractivity contribution in [3.8, 4) is 5.75 Å². The van der Waals surface area contributed by atoms with Gasteiger partial charge in [-0.05, 0) is 85.5 Å². The number of hydrogen-bond acceptors (Lipinski definition) is 2. The van der Waals surface area contributed by atoms with E-state index in [9.17, 15) is 10.2 Å². The third kappa shape index (κ3) is 1.49. The van der Waals surface area contributed by atoms with E-state index in [1.54, 1.807) is 0 Å². The Hall–Kier alpha value is -1.28. The third-order valence-electron chi connectivity index (χ3n) is 8.23. The average Bonchev–Trinajstić information content (AvgIpc) is 2.66. The van der Waals surface area contributed by atoms with Crippen LogP contribution >= 0.6 is 0 Å². The van der Waals surface area contributed by atoms with Crippen molar-refractivity contribution in [3.05, 3.63) is 41.5 Å². The van der Waals surface area contributed by atoms with Crippen molar-refractivity contribution in [1.29, 1.82) is 0 Å². The van der Waals surface area contributed by atoms with Crippen LogP contribution in [0, 0.1) is 16.7 Å². The Bertz CT molecular complexity index is 708. The number of aryl methyl sites for hydroxylation is 1. The summed E-state index contributed by atoms with van der Waals surface area (Å²) in [5, 5.41) is 21.1. The van der Waals surface area contributed by atoms with E-state index in [1.807, 2.05) is 12.1 Å². The molecule has 1 aromatic rings. The molecule has 2 fully saturated rings. The van der Waals surface area contributed by atoms with Gasteiger partial charge in [-0.25, -0.2) is 0 Å². The fraction of sp³-hybridized carbons (Fsp3) is 0.619. The number of fused-ring (bicyclic) bond motifs is 3. The molecule has 0 aliphatic heterocycles. The maximum Gasteiger partial charge on any atom is 0.115 e. The fourth-order valence-corrected chi connectivity index (χ4v) is 6.96. The Labute approximate surface area is 138 Å². The maximum atomic E-state index is 11.3. The molecule has 2 N–H and O–H groups in total. The third-order valence-corrected chi connectivity index (χ3v) is 8.23. The summed E-state index contributed by atoms with van der Waals surface area (Å²) in [5.74, 6) is 1.63. The van der Waals surface area contributed by atoms with Crippen LogP contribution in [0.4, 0.5) is 0 Å². The van der Waals surface area contributed by atoms with E-state index >= 15 is 0 Å². The lowest BCUT2D eigenvalue weighted by molar-refractivity contribution is -0.135. The second kappa shape index (κ2) is 4.22.